The average Bonchev–Trinajstić information content (AvgIpc) is 3.08. The predicted octanol–water partition coefficient (Wildman–Crippen LogP) is 2.51. The highest BCUT2D eigenvalue weighted by Crippen LogP contribution is 2.27. The average molecular weight is 363 g/mol. The lowest BCUT2D eigenvalue weighted by atomic mass is 10.0. The summed E-state index contributed by atoms with van der Waals surface area (Å²) in [6.45, 7) is 0.498. The number of amidine groups is 1. The van der Waals surface area contributed by atoms with Crippen molar-refractivity contribution in [1.82, 2.24) is 0 Å². The highest BCUT2D eigenvalue weighted by Gasteiger charge is 2.26. The molecule has 0 radical (unpaired) electrons. The molecular weight excluding hydrogens is 342 g/mol. The van der Waals surface area contributed by atoms with Crippen molar-refractivity contribution in [3.8, 4) is 0 Å². The number of benzene rings is 2. The first-order chi connectivity index (χ1) is 13.0. The lowest BCUT2D eigenvalue weighted by molar-refractivity contribution is -0.140. The van der Waals surface area contributed by atoms with Gasteiger partial charge in [0, 0.05) is 29.8 Å². The van der Waals surface area contributed by atoms with Crippen LogP contribution in [-0.2, 0) is 20.7 Å². The van der Waals surface area contributed by atoms with Crippen LogP contribution in [0.5, 0.6) is 0 Å². The number of carbonyl (C=O) groups excluding carboxylic acids is 2. The molecule has 0 aliphatic carbocycles. The summed E-state index contributed by atoms with van der Waals surface area (Å²) in [6.07, 6.45) is 2.85. The van der Waals surface area contributed by atoms with Crippen molar-refractivity contribution >= 4 is 29.0 Å². The molecule has 138 valence electrons. The second kappa shape index (κ2) is 7.86. The first kappa shape index (κ1) is 18.4. The number of esters is 1. The van der Waals surface area contributed by atoms with Crippen molar-refractivity contribution in [3.05, 3.63) is 71.3 Å². The third-order valence-electron chi connectivity index (χ3n) is 4.55. The Bertz CT molecular complexity index is 899. The summed E-state index contributed by atoms with van der Waals surface area (Å²) in [5.41, 5.74) is 9.39. The molecule has 0 unspecified atom stereocenters. The van der Waals surface area contributed by atoms with Crippen LogP contribution in [0.3, 0.4) is 0 Å². The van der Waals surface area contributed by atoms with E-state index in [4.69, 9.17) is 11.1 Å². The summed E-state index contributed by atoms with van der Waals surface area (Å²) in [5, 5.41) is 7.44. The van der Waals surface area contributed by atoms with E-state index in [1.165, 1.54) is 7.11 Å². The van der Waals surface area contributed by atoms with E-state index >= 15 is 0 Å². The molecule has 6 nitrogen and oxygen atoms in total. The maximum Gasteiger partial charge on any atom is 0.305 e. The smallest absolute Gasteiger partial charge is 0.305 e. The van der Waals surface area contributed by atoms with Crippen molar-refractivity contribution in [2.75, 3.05) is 18.6 Å². The molecule has 1 aliphatic rings. The Morgan fingerprint density at radius 3 is 2.41 bits per heavy atom. The fraction of sp³-hybridized carbons (Fsp3) is 0.190. The van der Waals surface area contributed by atoms with Gasteiger partial charge in [-0.25, -0.2) is 0 Å². The largest absolute Gasteiger partial charge is 0.469 e. The van der Waals surface area contributed by atoms with Crippen LogP contribution >= 0.6 is 0 Å². The molecule has 0 saturated carbocycles. The molecule has 27 heavy (non-hydrogen) atoms. The molecule has 1 heterocycles. The van der Waals surface area contributed by atoms with E-state index in [0.29, 0.717) is 30.5 Å². The molecule has 0 atom stereocenters. The van der Waals surface area contributed by atoms with E-state index in [2.05, 4.69) is 4.74 Å². The molecule has 2 aromatic rings. The van der Waals surface area contributed by atoms with Crippen molar-refractivity contribution in [2.24, 2.45) is 5.73 Å². The van der Waals surface area contributed by atoms with Gasteiger partial charge in [0.15, 0.2) is 0 Å². The number of hydrogen-bond acceptors (Lipinski definition) is 4. The predicted molar refractivity (Wildman–Crippen MR) is 105 cm³/mol. The Labute approximate surface area is 157 Å². The fourth-order valence-corrected chi connectivity index (χ4v) is 2.98. The Kier molecular flexibility index (Phi) is 5.35. The van der Waals surface area contributed by atoms with Gasteiger partial charge in [-0.15, -0.1) is 0 Å². The molecule has 1 aliphatic heterocycles. The third kappa shape index (κ3) is 4.06. The van der Waals surface area contributed by atoms with Gasteiger partial charge in [0.1, 0.15) is 5.84 Å². The number of nitrogens with two attached hydrogens (primary N) is 1. The minimum Gasteiger partial charge on any atom is -0.469 e. The van der Waals surface area contributed by atoms with Gasteiger partial charge < -0.3 is 15.4 Å². The quantitative estimate of drug-likeness (QED) is 0.468. The number of nitrogens with zero attached hydrogens (tertiary/aromatic N) is 1. The highest BCUT2D eigenvalue weighted by molar-refractivity contribution is 6.28. The number of rotatable bonds is 6. The van der Waals surface area contributed by atoms with Crippen molar-refractivity contribution in [3.63, 3.8) is 0 Å². The zero-order valence-corrected chi connectivity index (χ0v) is 15.1. The van der Waals surface area contributed by atoms with E-state index in [9.17, 15) is 9.59 Å². The molecule has 2 aromatic carbocycles. The molecular formula is C21H21N3O3. The van der Waals surface area contributed by atoms with Crippen LogP contribution in [0.1, 0.15) is 23.1 Å². The van der Waals surface area contributed by atoms with E-state index < -0.39 is 0 Å². The summed E-state index contributed by atoms with van der Waals surface area (Å²) in [5.74, 6) is -0.299. The van der Waals surface area contributed by atoms with Gasteiger partial charge >= 0.3 is 5.97 Å². The number of ether oxygens (including phenoxy) is 1. The van der Waals surface area contributed by atoms with Gasteiger partial charge in [0.2, 0.25) is 0 Å². The van der Waals surface area contributed by atoms with Gasteiger partial charge in [-0.2, -0.15) is 0 Å². The van der Waals surface area contributed by atoms with Gasteiger partial charge in [0.05, 0.1) is 7.11 Å². The molecule has 1 amide bonds. The number of amides is 1. The van der Waals surface area contributed by atoms with Crippen LogP contribution in [0.2, 0.25) is 0 Å². The van der Waals surface area contributed by atoms with Gasteiger partial charge in [0.25, 0.3) is 5.91 Å². The lowest BCUT2D eigenvalue weighted by Gasteiger charge is -2.17. The normalized spacial score (nSPS) is 13.4. The van der Waals surface area contributed by atoms with Gasteiger partial charge in [-0.05, 0) is 41.8 Å². The number of anilines is 1. The number of carbonyl (C=O) groups is 2. The molecule has 0 aromatic heterocycles. The molecule has 0 fully saturated rings. The van der Waals surface area contributed by atoms with E-state index in [1.54, 1.807) is 29.2 Å². The Morgan fingerprint density at radius 1 is 1.15 bits per heavy atom. The molecule has 6 heteroatoms. The Morgan fingerprint density at radius 2 is 1.81 bits per heavy atom. The van der Waals surface area contributed by atoms with Crippen LogP contribution in [0.4, 0.5) is 5.69 Å². The van der Waals surface area contributed by atoms with Gasteiger partial charge in [-0.1, -0.05) is 30.3 Å². The first-order valence-electron chi connectivity index (χ1n) is 8.62. The number of nitrogens with one attached hydrogen (secondary N) is 1. The summed E-state index contributed by atoms with van der Waals surface area (Å²) >= 11 is 0. The zero-order valence-electron chi connectivity index (χ0n) is 15.1. The third-order valence-corrected chi connectivity index (χ3v) is 4.55. The number of aryl methyl sites for hydroxylation is 1. The molecule has 0 bridgehead atoms. The molecule has 3 rings (SSSR count). The fourth-order valence-electron chi connectivity index (χ4n) is 2.98. The SMILES string of the molecule is COC(=O)CCc1ccc(C2=CCN(c3ccc(C(=N)N)cc3)C2=O)cc1. The number of methoxy groups -OCH3 is 1. The summed E-state index contributed by atoms with van der Waals surface area (Å²) in [6, 6.07) is 14.7. The zero-order chi connectivity index (χ0) is 19.4. The number of hydrogen-bond donors (Lipinski definition) is 2. The van der Waals surface area contributed by atoms with Crippen molar-refractivity contribution in [1.29, 1.82) is 5.41 Å². The maximum atomic E-state index is 12.8. The van der Waals surface area contributed by atoms with Crippen LogP contribution < -0.4 is 10.6 Å². The standard InChI is InChI=1S/C21H21N3O3/c1-27-19(25)11-4-14-2-5-15(6-3-14)18-12-13-24(21(18)26)17-9-7-16(8-10-17)20(22)23/h2-3,5-10,12H,4,11,13H2,1H3,(H3,22,23). The monoisotopic (exact) mass is 363 g/mol. The topological polar surface area (TPSA) is 96.5 Å². The van der Waals surface area contributed by atoms with Crippen LogP contribution in [0, 0.1) is 5.41 Å². The minimum atomic E-state index is -0.237. The van der Waals surface area contributed by atoms with Crippen LogP contribution in [0.15, 0.2) is 54.6 Å². The second-order valence-electron chi connectivity index (χ2n) is 6.27. The summed E-state index contributed by atoms with van der Waals surface area (Å²) in [7, 11) is 1.38. The Balaban J connectivity index is 1.69. The summed E-state index contributed by atoms with van der Waals surface area (Å²) < 4.78 is 4.65. The lowest BCUT2D eigenvalue weighted by Crippen LogP contribution is -2.26. The van der Waals surface area contributed by atoms with Crippen molar-refractivity contribution in [2.45, 2.75) is 12.8 Å². The van der Waals surface area contributed by atoms with Crippen molar-refractivity contribution < 1.29 is 14.3 Å². The van der Waals surface area contributed by atoms with E-state index in [1.807, 2.05) is 30.3 Å². The highest BCUT2D eigenvalue weighted by atomic mass is 16.5. The number of nitrogen functional groups attached to an aromatic ring is 1. The minimum absolute atomic E-state index is 0.000372. The van der Waals surface area contributed by atoms with E-state index in [-0.39, 0.29) is 17.7 Å². The maximum absolute atomic E-state index is 12.8. The van der Waals surface area contributed by atoms with E-state index in [0.717, 1.165) is 16.8 Å². The van der Waals surface area contributed by atoms with Crippen LogP contribution in [0.25, 0.3) is 5.57 Å². The Hall–Kier alpha value is -3.41. The molecule has 0 saturated heterocycles. The van der Waals surface area contributed by atoms with Gasteiger partial charge in [-0.3, -0.25) is 15.0 Å². The second-order valence-corrected chi connectivity index (χ2v) is 6.27. The first-order valence-corrected chi connectivity index (χ1v) is 8.62. The van der Waals surface area contributed by atoms with Crippen LogP contribution in [-0.4, -0.2) is 31.4 Å². The molecule has 3 N–H and O–H groups in total. The molecule has 0 spiro atoms. The summed E-state index contributed by atoms with van der Waals surface area (Å²) in [4.78, 5) is 25.7.